The summed E-state index contributed by atoms with van der Waals surface area (Å²) < 4.78 is 0.464. The molecule has 0 atom stereocenters. The van der Waals surface area contributed by atoms with Crippen molar-refractivity contribution < 1.29 is 0 Å². The van der Waals surface area contributed by atoms with Gasteiger partial charge in [-0.15, -0.1) is 0 Å². The monoisotopic (exact) mass is 285 g/mol. The zero-order chi connectivity index (χ0) is 9.84. The van der Waals surface area contributed by atoms with Crippen molar-refractivity contribution >= 4 is 32.0 Å². The second-order valence-electron chi connectivity index (χ2n) is 2.44. The first-order valence-corrected chi connectivity index (χ1v) is 4.73. The molecule has 0 heterocycles. The Labute approximate surface area is 90.4 Å². The Morgan fingerprint density at radius 2 is 2.31 bits per heavy atom. The van der Waals surface area contributed by atoms with E-state index in [0.29, 0.717) is 9.28 Å². The first-order chi connectivity index (χ1) is 6.19. The van der Waals surface area contributed by atoms with Crippen molar-refractivity contribution in [2.24, 2.45) is 0 Å². The predicted molar refractivity (Wildman–Crippen MR) is 61.6 cm³/mol. The second kappa shape index (κ2) is 4.23. The number of hydrogen-bond donors (Lipinski definition) is 2. The Hall–Kier alpha value is -1.09. The van der Waals surface area contributed by atoms with Crippen molar-refractivity contribution in [3.05, 3.63) is 29.3 Å². The fraction of sp³-hybridized carbons (Fsp3) is 0.111. The largest absolute Gasteiger partial charge is 0.388 e. The zero-order valence-electron chi connectivity index (χ0n) is 7.06. The van der Waals surface area contributed by atoms with Gasteiger partial charge in [0.25, 0.3) is 0 Å². The van der Waals surface area contributed by atoms with Crippen LogP contribution in [0.2, 0.25) is 0 Å². The minimum Gasteiger partial charge on any atom is -0.388 e. The van der Waals surface area contributed by atoms with E-state index in [1.165, 1.54) is 0 Å². The molecule has 0 aliphatic carbocycles. The third kappa shape index (κ3) is 2.18. The first-order valence-electron chi connectivity index (χ1n) is 3.65. The average molecular weight is 285 g/mol. The molecule has 1 rings (SSSR count). The average Bonchev–Trinajstić information content (AvgIpc) is 2.16. The molecule has 2 N–H and O–H groups in total. The van der Waals surface area contributed by atoms with Crippen LogP contribution in [0.1, 0.15) is 11.1 Å². The second-order valence-corrected chi connectivity index (χ2v) is 3.51. The van der Waals surface area contributed by atoms with Gasteiger partial charge in [0, 0.05) is 18.3 Å². The number of nitrogens with one attached hydrogen (secondary N) is 2. The fourth-order valence-electron chi connectivity index (χ4n) is 1.01. The van der Waals surface area contributed by atoms with Crippen molar-refractivity contribution in [1.29, 1.82) is 10.7 Å². The molecule has 0 aliphatic rings. The van der Waals surface area contributed by atoms with Crippen LogP contribution in [-0.4, -0.2) is 10.8 Å². The van der Waals surface area contributed by atoms with Gasteiger partial charge >= 0.3 is 0 Å². The van der Waals surface area contributed by atoms with Crippen LogP contribution < -0.4 is 5.32 Å². The SMILES string of the molecule is CNc1cc(C#N)ccc1C(=N)I. The molecule has 0 radical (unpaired) electrons. The van der Waals surface area contributed by atoms with Gasteiger partial charge in [0.15, 0.2) is 0 Å². The molecule has 1 aromatic rings. The van der Waals surface area contributed by atoms with E-state index in [2.05, 4.69) is 11.4 Å². The molecule has 13 heavy (non-hydrogen) atoms. The van der Waals surface area contributed by atoms with Gasteiger partial charge in [-0.3, -0.25) is 5.41 Å². The molecule has 0 aromatic heterocycles. The minimum absolute atomic E-state index is 0.464. The van der Waals surface area contributed by atoms with Crippen LogP contribution in [0.5, 0.6) is 0 Å². The van der Waals surface area contributed by atoms with Gasteiger partial charge in [-0.2, -0.15) is 5.26 Å². The summed E-state index contributed by atoms with van der Waals surface area (Å²) in [5, 5.41) is 19.1. The highest BCUT2D eigenvalue weighted by Gasteiger charge is 2.04. The van der Waals surface area contributed by atoms with Gasteiger partial charge in [0.1, 0.15) is 3.72 Å². The molecule has 0 unspecified atom stereocenters. The molecule has 1 aromatic carbocycles. The van der Waals surface area contributed by atoms with Crippen LogP contribution in [0.3, 0.4) is 0 Å². The molecule has 0 saturated heterocycles. The van der Waals surface area contributed by atoms with E-state index in [-0.39, 0.29) is 0 Å². The third-order valence-electron chi connectivity index (χ3n) is 1.65. The Morgan fingerprint density at radius 1 is 1.62 bits per heavy atom. The first kappa shape index (κ1) is 9.99. The van der Waals surface area contributed by atoms with Crippen LogP contribution in [0.25, 0.3) is 0 Å². The maximum Gasteiger partial charge on any atom is 0.101 e. The van der Waals surface area contributed by atoms with Crippen molar-refractivity contribution in [1.82, 2.24) is 0 Å². The molecule has 0 fully saturated rings. The molecule has 4 heteroatoms. The molecular formula is C9H8IN3. The van der Waals surface area contributed by atoms with Crippen LogP contribution in [0.4, 0.5) is 5.69 Å². The lowest BCUT2D eigenvalue weighted by molar-refractivity contribution is 1.44. The van der Waals surface area contributed by atoms with Crippen molar-refractivity contribution in [3.8, 4) is 6.07 Å². The number of benzene rings is 1. The van der Waals surface area contributed by atoms with E-state index in [0.717, 1.165) is 11.3 Å². The van der Waals surface area contributed by atoms with Crippen LogP contribution >= 0.6 is 22.6 Å². The molecule has 0 amide bonds. The summed E-state index contributed by atoms with van der Waals surface area (Å²) >= 11 is 1.94. The number of nitrogens with zero attached hydrogens (tertiary/aromatic N) is 1. The van der Waals surface area contributed by atoms with E-state index in [1.54, 1.807) is 25.2 Å². The highest BCUT2D eigenvalue weighted by atomic mass is 127. The summed E-state index contributed by atoms with van der Waals surface area (Å²) in [6.07, 6.45) is 0. The van der Waals surface area contributed by atoms with Crippen molar-refractivity contribution in [2.75, 3.05) is 12.4 Å². The predicted octanol–water partition coefficient (Wildman–Crippen LogP) is 2.36. The lowest BCUT2D eigenvalue weighted by Gasteiger charge is -2.06. The quantitative estimate of drug-likeness (QED) is 0.647. The summed E-state index contributed by atoms with van der Waals surface area (Å²) in [6, 6.07) is 7.28. The van der Waals surface area contributed by atoms with Gasteiger partial charge < -0.3 is 5.32 Å². The number of nitriles is 1. The van der Waals surface area contributed by atoms with Crippen molar-refractivity contribution in [3.63, 3.8) is 0 Å². The molecule has 0 saturated carbocycles. The number of rotatable bonds is 2. The molecule has 0 aliphatic heterocycles. The van der Waals surface area contributed by atoms with E-state index < -0.39 is 0 Å². The number of anilines is 1. The Bertz CT molecular complexity index is 379. The van der Waals surface area contributed by atoms with E-state index >= 15 is 0 Å². The summed E-state index contributed by atoms with van der Waals surface area (Å²) in [6.45, 7) is 0. The van der Waals surface area contributed by atoms with Gasteiger partial charge in [-0.1, -0.05) is 0 Å². The smallest absolute Gasteiger partial charge is 0.101 e. The maximum absolute atomic E-state index is 8.65. The molecule has 3 nitrogen and oxygen atoms in total. The van der Waals surface area contributed by atoms with Crippen LogP contribution in [0.15, 0.2) is 18.2 Å². The van der Waals surface area contributed by atoms with Crippen molar-refractivity contribution in [2.45, 2.75) is 0 Å². The van der Waals surface area contributed by atoms with E-state index in [4.69, 9.17) is 10.7 Å². The number of hydrogen-bond acceptors (Lipinski definition) is 3. The molecular weight excluding hydrogens is 277 g/mol. The molecule has 66 valence electrons. The summed E-state index contributed by atoms with van der Waals surface area (Å²) in [4.78, 5) is 0. The van der Waals surface area contributed by atoms with Gasteiger partial charge in [0.05, 0.1) is 11.6 Å². The summed E-state index contributed by atoms with van der Waals surface area (Å²) in [5.74, 6) is 0. The zero-order valence-corrected chi connectivity index (χ0v) is 9.21. The van der Waals surface area contributed by atoms with E-state index in [1.807, 2.05) is 22.6 Å². The molecule has 0 spiro atoms. The lowest BCUT2D eigenvalue weighted by atomic mass is 10.1. The van der Waals surface area contributed by atoms with Crippen LogP contribution in [0, 0.1) is 16.7 Å². The highest BCUT2D eigenvalue weighted by Crippen LogP contribution is 2.19. The number of halogens is 1. The van der Waals surface area contributed by atoms with Crippen LogP contribution in [-0.2, 0) is 0 Å². The Balaban J connectivity index is 3.25. The molecule has 0 bridgehead atoms. The Morgan fingerprint density at radius 3 is 2.77 bits per heavy atom. The minimum atomic E-state index is 0.464. The van der Waals surface area contributed by atoms with Gasteiger partial charge in [0.2, 0.25) is 0 Å². The normalized spacial score (nSPS) is 9.00. The van der Waals surface area contributed by atoms with Gasteiger partial charge in [-0.25, -0.2) is 0 Å². The maximum atomic E-state index is 8.65. The standard InChI is InChI=1S/C9H8IN3/c1-13-8-4-6(5-11)2-3-7(8)9(10)12/h2-4,12-13H,1H3. The summed E-state index contributed by atoms with van der Waals surface area (Å²) in [7, 11) is 1.78. The lowest BCUT2D eigenvalue weighted by Crippen LogP contribution is -1.98. The third-order valence-corrected chi connectivity index (χ3v) is 2.24. The topological polar surface area (TPSA) is 59.7 Å². The Kier molecular flexibility index (Phi) is 3.25. The van der Waals surface area contributed by atoms with Gasteiger partial charge in [-0.05, 0) is 40.8 Å². The summed E-state index contributed by atoms with van der Waals surface area (Å²) in [5.41, 5.74) is 2.24. The van der Waals surface area contributed by atoms with E-state index in [9.17, 15) is 0 Å². The highest BCUT2D eigenvalue weighted by molar-refractivity contribution is 14.1. The fourth-order valence-corrected chi connectivity index (χ4v) is 1.48.